The lowest BCUT2D eigenvalue weighted by Gasteiger charge is -2.32. The summed E-state index contributed by atoms with van der Waals surface area (Å²) in [6, 6.07) is 0. The van der Waals surface area contributed by atoms with Crippen LogP contribution in [0.15, 0.2) is 0 Å². The molecule has 104 valence electrons. The fraction of sp³-hybridized carbons (Fsp3) is 0.923. The minimum Gasteiger partial charge on any atom is -0.479 e. The van der Waals surface area contributed by atoms with Crippen molar-refractivity contribution in [2.75, 3.05) is 26.2 Å². The molecule has 5 heteroatoms. The summed E-state index contributed by atoms with van der Waals surface area (Å²) < 4.78 is 5.16. The minimum absolute atomic E-state index is 0.333. The van der Waals surface area contributed by atoms with Gasteiger partial charge in [0.1, 0.15) is 0 Å². The van der Waals surface area contributed by atoms with Crippen molar-refractivity contribution in [3.63, 3.8) is 0 Å². The van der Waals surface area contributed by atoms with Crippen LogP contribution in [0.25, 0.3) is 0 Å². The van der Waals surface area contributed by atoms with Crippen LogP contribution in [0.2, 0.25) is 0 Å². The number of aliphatic hydroxyl groups excluding tert-OH is 1. The van der Waals surface area contributed by atoms with Gasteiger partial charge < -0.3 is 14.9 Å². The second kappa shape index (κ2) is 6.50. The van der Waals surface area contributed by atoms with Crippen LogP contribution in [-0.4, -0.2) is 59.5 Å². The van der Waals surface area contributed by atoms with Gasteiger partial charge >= 0.3 is 5.97 Å². The third-order valence-electron chi connectivity index (χ3n) is 3.98. The number of β-amino-alcohol motifs (C(OH)–C–C–N with tert-alkyl or cyclic N) is 1. The Labute approximate surface area is 108 Å². The van der Waals surface area contributed by atoms with E-state index in [1.54, 1.807) is 0 Å². The summed E-state index contributed by atoms with van der Waals surface area (Å²) in [6.45, 7) is 2.11. The zero-order chi connectivity index (χ0) is 13.0. The average Bonchev–Trinajstić information content (AvgIpc) is 2.82. The fourth-order valence-electron chi connectivity index (χ4n) is 3.02. The van der Waals surface area contributed by atoms with E-state index in [0.717, 1.165) is 6.42 Å². The highest BCUT2D eigenvalue weighted by Crippen LogP contribution is 2.28. The van der Waals surface area contributed by atoms with Gasteiger partial charge in [-0.1, -0.05) is 25.7 Å². The van der Waals surface area contributed by atoms with Crippen molar-refractivity contribution in [2.45, 2.75) is 44.3 Å². The number of nitrogens with zero attached hydrogens (tertiary/aromatic N) is 1. The smallest absolute Gasteiger partial charge is 0.334 e. The molecule has 1 saturated heterocycles. The SMILES string of the molecule is O=C(O)C1CN(CC(O)CC2CCCC2)CCO1. The molecule has 1 saturated carbocycles. The van der Waals surface area contributed by atoms with E-state index in [9.17, 15) is 9.90 Å². The Morgan fingerprint density at radius 3 is 2.78 bits per heavy atom. The van der Waals surface area contributed by atoms with E-state index in [1.807, 2.05) is 4.90 Å². The normalized spacial score (nSPS) is 28.4. The monoisotopic (exact) mass is 257 g/mol. The largest absolute Gasteiger partial charge is 0.479 e. The predicted octanol–water partition coefficient (Wildman–Crippen LogP) is 0.713. The zero-order valence-electron chi connectivity index (χ0n) is 10.8. The van der Waals surface area contributed by atoms with E-state index in [-0.39, 0.29) is 6.10 Å². The Bertz CT molecular complexity index is 278. The number of hydrogen-bond acceptors (Lipinski definition) is 4. The molecule has 0 bridgehead atoms. The first-order chi connectivity index (χ1) is 8.65. The maximum Gasteiger partial charge on any atom is 0.334 e. The molecule has 0 radical (unpaired) electrons. The van der Waals surface area contributed by atoms with Crippen molar-refractivity contribution in [1.82, 2.24) is 4.90 Å². The summed E-state index contributed by atoms with van der Waals surface area (Å²) in [5.74, 6) is -0.249. The van der Waals surface area contributed by atoms with Gasteiger partial charge in [-0.3, -0.25) is 4.90 Å². The number of aliphatic hydroxyl groups is 1. The first-order valence-corrected chi connectivity index (χ1v) is 6.90. The summed E-state index contributed by atoms with van der Waals surface area (Å²) in [5, 5.41) is 19.0. The number of rotatable bonds is 5. The first kappa shape index (κ1) is 13.8. The van der Waals surface area contributed by atoms with Crippen molar-refractivity contribution >= 4 is 5.97 Å². The van der Waals surface area contributed by atoms with Gasteiger partial charge in [0, 0.05) is 19.6 Å². The van der Waals surface area contributed by atoms with E-state index in [0.29, 0.717) is 32.2 Å². The van der Waals surface area contributed by atoms with Crippen molar-refractivity contribution in [3.8, 4) is 0 Å². The highest BCUT2D eigenvalue weighted by molar-refractivity contribution is 5.72. The van der Waals surface area contributed by atoms with Crippen LogP contribution in [0.4, 0.5) is 0 Å². The lowest BCUT2D eigenvalue weighted by atomic mass is 9.99. The van der Waals surface area contributed by atoms with Crippen LogP contribution in [0.1, 0.15) is 32.1 Å². The Morgan fingerprint density at radius 1 is 1.39 bits per heavy atom. The Hall–Kier alpha value is -0.650. The molecular weight excluding hydrogens is 234 g/mol. The predicted molar refractivity (Wildman–Crippen MR) is 66.4 cm³/mol. The molecule has 0 spiro atoms. The molecule has 2 aliphatic rings. The first-order valence-electron chi connectivity index (χ1n) is 6.90. The lowest BCUT2D eigenvalue weighted by Crippen LogP contribution is -2.48. The number of morpholine rings is 1. The number of carboxylic acid groups (broad SMARTS) is 1. The molecule has 1 aliphatic heterocycles. The summed E-state index contributed by atoms with van der Waals surface area (Å²) in [4.78, 5) is 12.9. The molecule has 0 amide bonds. The quantitative estimate of drug-likeness (QED) is 0.759. The Morgan fingerprint density at radius 2 is 2.11 bits per heavy atom. The van der Waals surface area contributed by atoms with Gasteiger partial charge in [0.15, 0.2) is 6.10 Å². The van der Waals surface area contributed by atoms with Crippen LogP contribution in [0.3, 0.4) is 0 Å². The fourth-order valence-corrected chi connectivity index (χ4v) is 3.02. The second-order valence-electron chi connectivity index (χ2n) is 5.50. The average molecular weight is 257 g/mol. The Kier molecular flexibility index (Phi) is 4.97. The van der Waals surface area contributed by atoms with Gasteiger partial charge in [0.05, 0.1) is 12.7 Å². The van der Waals surface area contributed by atoms with Gasteiger partial charge in [-0.15, -0.1) is 0 Å². The summed E-state index contributed by atoms with van der Waals surface area (Å²) in [6.07, 6.45) is 4.83. The van der Waals surface area contributed by atoms with Gasteiger partial charge in [0.25, 0.3) is 0 Å². The van der Waals surface area contributed by atoms with Crippen molar-refractivity contribution in [3.05, 3.63) is 0 Å². The molecule has 1 heterocycles. The number of carboxylic acids is 1. The van der Waals surface area contributed by atoms with E-state index in [1.165, 1.54) is 25.7 Å². The van der Waals surface area contributed by atoms with Crippen LogP contribution in [0, 0.1) is 5.92 Å². The number of ether oxygens (including phenoxy) is 1. The van der Waals surface area contributed by atoms with Crippen molar-refractivity contribution in [2.24, 2.45) is 5.92 Å². The molecular formula is C13H23NO4. The van der Waals surface area contributed by atoms with Gasteiger partial charge in [-0.25, -0.2) is 4.79 Å². The van der Waals surface area contributed by atoms with E-state index < -0.39 is 12.1 Å². The summed E-state index contributed by atoms with van der Waals surface area (Å²) in [7, 11) is 0. The van der Waals surface area contributed by atoms with Crippen molar-refractivity contribution < 1.29 is 19.7 Å². The molecule has 1 aliphatic carbocycles. The number of carbonyl (C=O) groups is 1. The summed E-state index contributed by atoms with van der Waals surface area (Å²) >= 11 is 0. The van der Waals surface area contributed by atoms with Gasteiger partial charge in [0.2, 0.25) is 0 Å². The molecule has 5 nitrogen and oxygen atoms in total. The maximum absolute atomic E-state index is 10.9. The molecule has 0 aromatic carbocycles. The standard InChI is InChI=1S/C13H23NO4/c15-11(7-10-3-1-2-4-10)8-14-5-6-18-12(9-14)13(16)17/h10-12,15H,1-9H2,(H,16,17). The highest BCUT2D eigenvalue weighted by atomic mass is 16.5. The zero-order valence-corrected chi connectivity index (χ0v) is 10.8. The van der Waals surface area contributed by atoms with E-state index >= 15 is 0 Å². The van der Waals surface area contributed by atoms with Gasteiger partial charge in [-0.2, -0.15) is 0 Å². The van der Waals surface area contributed by atoms with Crippen molar-refractivity contribution in [1.29, 1.82) is 0 Å². The van der Waals surface area contributed by atoms with Crippen LogP contribution in [0.5, 0.6) is 0 Å². The topological polar surface area (TPSA) is 70.0 Å². The number of hydrogen-bond donors (Lipinski definition) is 2. The van der Waals surface area contributed by atoms with E-state index in [2.05, 4.69) is 0 Å². The third kappa shape index (κ3) is 3.93. The molecule has 2 rings (SSSR count). The molecule has 0 aromatic rings. The molecule has 2 atom stereocenters. The van der Waals surface area contributed by atoms with Crippen LogP contribution in [-0.2, 0) is 9.53 Å². The third-order valence-corrected chi connectivity index (χ3v) is 3.98. The minimum atomic E-state index is -0.912. The lowest BCUT2D eigenvalue weighted by molar-refractivity contribution is -0.156. The second-order valence-corrected chi connectivity index (χ2v) is 5.50. The highest BCUT2D eigenvalue weighted by Gasteiger charge is 2.28. The van der Waals surface area contributed by atoms with Gasteiger partial charge in [-0.05, 0) is 12.3 Å². The summed E-state index contributed by atoms with van der Waals surface area (Å²) in [5.41, 5.74) is 0. The molecule has 18 heavy (non-hydrogen) atoms. The van der Waals surface area contributed by atoms with Crippen LogP contribution >= 0.6 is 0 Å². The van der Waals surface area contributed by atoms with E-state index in [4.69, 9.17) is 9.84 Å². The number of aliphatic carboxylic acids is 1. The molecule has 2 fully saturated rings. The molecule has 2 N–H and O–H groups in total. The van der Waals surface area contributed by atoms with Crippen LogP contribution < -0.4 is 0 Å². The molecule has 2 unspecified atom stereocenters. The maximum atomic E-state index is 10.9. The molecule has 0 aromatic heterocycles. The Balaban J connectivity index is 1.72.